The summed E-state index contributed by atoms with van der Waals surface area (Å²) >= 11 is 8.90. The van der Waals surface area contributed by atoms with Gasteiger partial charge in [-0.3, -0.25) is 0 Å². The van der Waals surface area contributed by atoms with Crippen molar-refractivity contribution in [2.45, 2.75) is 13.1 Å². The lowest BCUT2D eigenvalue weighted by atomic mass is 10.3. The van der Waals surface area contributed by atoms with Crippen LogP contribution in [0, 0.1) is 5.82 Å². The number of ether oxygens (including phenoxy) is 1. The van der Waals surface area contributed by atoms with Crippen LogP contribution in [0.15, 0.2) is 22.8 Å². The molecule has 0 atom stereocenters. The van der Waals surface area contributed by atoms with E-state index in [9.17, 15) is 4.39 Å². The molecule has 0 spiro atoms. The van der Waals surface area contributed by atoms with Crippen molar-refractivity contribution in [3.8, 4) is 5.75 Å². The Kier molecular flexibility index (Phi) is 4.73. The van der Waals surface area contributed by atoms with E-state index in [1.165, 1.54) is 12.1 Å². The highest BCUT2D eigenvalue weighted by molar-refractivity contribution is 9.10. The summed E-state index contributed by atoms with van der Waals surface area (Å²) < 4.78 is 20.9. The van der Waals surface area contributed by atoms with Crippen LogP contribution in [0.2, 0.25) is 5.02 Å². The molecule has 1 aromatic heterocycles. The van der Waals surface area contributed by atoms with Crippen LogP contribution >= 0.6 is 27.5 Å². The molecule has 5 nitrogen and oxygen atoms in total. The zero-order valence-electron chi connectivity index (χ0n) is 9.81. The highest BCUT2D eigenvalue weighted by Gasteiger charge is 2.08. The first-order chi connectivity index (χ1) is 9.10. The SMILES string of the molecule is NCc1cn(CCOc2cc(F)c(Cl)cc2Br)nn1. The lowest BCUT2D eigenvalue weighted by molar-refractivity contribution is 0.287. The third kappa shape index (κ3) is 3.65. The average Bonchev–Trinajstić information content (AvgIpc) is 2.83. The predicted molar refractivity (Wildman–Crippen MR) is 72.5 cm³/mol. The minimum atomic E-state index is -0.522. The van der Waals surface area contributed by atoms with Gasteiger partial charge in [0.25, 0.3) is 0 Å². The molecule has 0 aliphatic heterocycles. The molecule has 0 aliphatic rings. The maximum Gasteiger partial charge on any atom is 0.145 e. The van der Waals surface area contributed by atoms with E-state index in [4.69, 9.17) is 22.1 Å². The molecule has 1 aromatic carbocycles. The number of halogens is 3. The highest BCUT2D eigenvalue weighted by atomic mass is 79.9. The summed E-state index contributed by atoms with van der Waals surface area (Å²) in [7, 11) is 0. The van der Waals surface area contributed by atoms with E-state index in [1.54, 1.807) is 10.9 Å². The second kappa shape index (κ2) is 6.31. The Bertz CT molecular complexity index is 578. The Balaban J connectivity index is 1.94. The number of nitrogens with zero attached hydrogens (tertiary/aromatic N) is 3. The standard InChI is InChI=1S/C11H11BrClFN4O/c12-8-3-9(13)10(14)4-11(8)19-2-1-18-6-7(5-15)16-17-18/h3-4,6H,1-2,5,15H2. The monoisotopic (exact) mass is 348 g/mol. The zero-order chi connectivity index (χ0) is 13.8. The van der Waals surface area contributed by atoms with E-state index in [0.717, 1.165) is 0 Å². The highest BCUT2D eigenvalue weighted by Crippen LogP contribution is 2.30. The molecular weight excluding hydrogens is 339 g/mol. The smallest absolute Gasteiger partial charge is 0.145 e. The molecule has 0 unspecified atom stereocenters. The van der Waals surface area contributed by atoms with E-state index >= 15 is 0 Å². The zero-order valence-corrected chi connectivity index (χ0v) is 12.2. The van der Waals surface area contributed by atoms with Crippen molar-refractivity contribution in [2.75, 3.05) is 6.61 Å². The van der Waals surface area contributed by atoms with Gasteiger partial charge in [-0.1, -0.05) is 16.8 Å². The van der Waals surface area contributed by atoms with Crippen molar-refractivity contribution in [3.63, 3.8) is 0 Å². The van der Waals surface area contributed by atoms with Gasteiger partial charge in [-0.15, -0.1) is 5.10 Å². The maximum atomic E-state index is 13.3. The van der Waals surface area contributed by atoms with E-state index < -0.39 is 5.82 Å². The molecule has 0 bridgehead atoms. The van der Waals surface area contributed by atoms with Gasteiger partial charge in [-0.05, 0) is 22.0 Å². The van der Waals surface area contributed by atoms with Gasteiger partial charge >= 0.3 is 0 Å². The van der Waals surface area contributed by atoms with E-state index in [2.05, 4.69) is 26.2 Å². The topological polar surface area (TPSA) is 66.0 Å². The van der Waals surface area contributed by atoms with Crippen LogP contribution in [-0.2, 0) is 13.1 Å². The Morgan fingerprint density at radius 1 is 1.47 bits per heavy atom. The van der Waals surface area contributed by atoms with E-state index in [0.29, 0.717) is 35.6 Å². The Labute approximate surface area is 122 Å². The molecular formula is C11H11BrClFN4O. The molecule has 0 amide bonds. The van der Waals surface area contributed by atoms with Crippen LogP contribution in [0.1, 0.15) is 5.69 Å². The van der Waals surface area contributed by atoms with Gasteiger partial charge in [0.2, 0.25) is 0 Å². The molecule has 2 rings (SSSR count). The van der Waals surface area contributed by atoms with Crippen molar-refractivity contribution in [1.29, 1.82) is 0 Å². The number of hydrogen-bond donors (Lipinski definition) is 1. The molecule has 8 heteroatoms. The molecule has 2 aromatic rings. The van der Waals surface area contributed by atoms with Crippen molar-refractivity contribution in [1.82, 2.24) is 15.0 Å². The lowest BCUT2D eigenvalue weighted by Gasteiger charge is -2.08. The number of aromatic nitrogens is 3. The fraction of sp³-hybridized carbons (Fsp3) is 0.273. The summed E-state index contributed by atoms with van der Waals surface area (Å²) in [6.45, 7) is 1.16. The number of rotatable bonds is 5. The molecule has 1 heterocycles. The van der Waals surface area contributed by atoms with Crippen LogP contribution < -0.4 is 10.5 Å². The number of nitrogens with two attached hydrogens (primary N) is 1. The molecule has 19 heavy (non-hydrogen) atoms. The molecule has 0 saturated carbocycles. The van der Waals surface area contributed by atoms with Crippen LogP contribution in [0.3, 0.4) is 0 Å². The average molecular weight is 350 g/mol. The normalized spacial score (nSPS) is 10.7. The van der Waals surface area contributed by atoms with Gasteiger partial charge in [0.1, 0.15) is 18.2 Å². The van der Waals surface area contributed by atoms with Gasteiger partial charge in [0, 0.05) is 18.8 Å². The molecule has 0 radical (unpaired) electrons. The van der Waals surface area contributed by atoms with Crippen LogP contribution in [-0.4, -0.2) is 21.6 Å². The van der Waals surface area contributed by atoms with Crippen molar-refractivity contribution in [3.05, 3.63) is 39.3 Å². The van der Waals surface area contributed by atoms with Gasteiger partial charge in [-0.25, -0.2) is 9.07 Å². The van der Waals surface area contributed by atoms with Crippen LogP contribution in [0.25, 0.3) is 0 Å². The Morgan fingerprint density at radius 3 is 2.95 bits per heavy atom. The van der Waals surface area contributed by atoms with Crippen LogP contribution in [0.4, 0.5) is 4.39 Å². The number of hydrogen-bond acceptors (Lipinski definition) is 4. The summed E-state index contributed by atoms with van der Waals surface area (Å²) in [5.74, 6) is -0.132. The summed E-state index contributed by atoms with van der Waals surface area (Å²) in [5.41, 5.74) is 6.13. The first-order valence-corrected chi connectivity index (χ1v) is 6.63. The predicted octanol–water partition coefficient (Wildman–Crippen LogP) is 2.37. The van der Waals surface area contributed by atoms with E-state index in [-0.39, 0.29) is 5.02 Å². The quantitative estimate of drug-likeness (QED) is 0.842. The van der Waals surface area contributed by atoms with Crippen molar-refractivity contribution < 1.29 is 9.13 Å². The molecule has 0 saturated heterocycles. The maximum absolute atomic E-state index is 13.3. The fourth-order valence-corrected chi connectivity index (χ4v) is 2.16. The fourth-order valence-electron chi connectivity index (χ4n) is 1.41. The minimum Gasteiger partial charge on any atom is -0.490 e. The first-order valence-electron chi connectivity index (χ1n) is 5.46. The lowest BCUT2D eigenvalue weighted by Crippen LogP contribution is -2.09. The van der Waals surface area contributed by atoms with Gasteiger partial charge in [0.05, 0.1) is 21.7 Å². The molecule has 2 N–H and O–H groups in total. The molecule has 0 fully saturated rings. The van der Waals surface area contributed by atoms with Gasteiger partial charge in [-0.2, -0.15) is 0 Å². The summed E-state index contributed by atoms with van der Waals surface area (Å²) in [5, 5.41) is 7.77. The third-order valence-electron chi connectivity index (χ3n) is 2.35. The largest absolute Gasteiger partial charge is 0.490 e. The summed E-state index contributed by atoms with van der Waals surface area (Å²) in [6.07, 6.45) is 1.74. The van der Waals surface area contributed by atoms with Crippen molar-refractivity contribution in [2.24, 2.45) is 5.73 Å². The Hall–Kier alpha value is -1.18. The Morgan fingerprint density at radius 2 is 2.26 bits per heavy atom. The first kappa shape index (κ1) is 14.2. The second-order valence-corrected chi connectivity index (χ2v) is 4.98. The van der Waals surface area contributed by atoms with Gasteiger partial charge in [0.15, 0.2) is 0 Å². The van der Waals surface area contributed by atoms with E-state index in [1.807, 2.05) is 0 Å². The third-order valence-corrected chi connectivity index (χ3v) is 3.26. The van der Waals surface area contributed by atoms with Gasteiger partial charge < -0.3 is 10.5 Å². The summed E-state index contributed by atoms with van der Waals surface area (Å²) in [6, 6.07) is 2.69. The molecule has 102 valence electrons. The van der Waals surface area contributed by atoms with Crippen LogP contribution in [0.5, 0.6) is 5.75 Å². The second-order valence-electron chi connectivity index (χ2n) is 3.72. The minimum absolute atomic E-state index is 0.0445. The molecule has 0 aliphatic carbocycles. The number of benzene rings is 1. The van der Waals surface area contributed by atoms with Crippen molar-refractivity contribution >= 4 is 27.5 Å². The summed E-state index contributed by atoms with van der Waals surface area (Å²) in [4.78, 5) is 0.